The molecule has 1 amide bonds. The number of amides is 1. The largest absolute Gasteiger partial charge is 0.481 e. The predicted molar refractivity (Wildman–Crippen MR) is 84.2 cm³/mol. The topological polar surface area (TPSA) is 57.6 Å². The Labute approximate surface area is 133 Å². The van der Waals surface area contributed by atoms with Gasteiger partial charge in [0.15, 0.2) is 0 Å². The lowest BCUT2D eigenvalue weighted by atomic mass is 9.74. The Balaban J connectivity index is 2.12. The third kappa shape index (κ3) is 3.46. The average molecular weight is 354 g/mol. The van der Waals surface area contributed by atoms with Crippen molar-refractivity contribution in [2.24, 2.45) is 11.3 Å². The summed E-state index contributed by atoms with van der Waals surface area (Å²) >= 11 is 3.35. The van der Waals surface area contributed by atoms with Gasteiger partial charge in [0, 0.05) is 23.1 Å². The van der Waals surface area contributed by atoms with E-state index in [1.54, 1.807) is 30.9 Å². The number of hydrogen-bond acceptors (Lipinski definition) is 2. The van der Waals surface area contributed by atoms with E-state index in [0.29, 0.717) is 18.7 Å². The molecule has 21 heavy (non-hydrogen) atoms. The standard InChI is InChI=1S/C16H20BrNO3/c1-16(2,15(20)21)12-4-3-9-18(10-12)14(19)11-5-7-13(17)8-6-11/h5-8,12H,3-4,9-10H2,1-2H3,(H,20,21). The Morgan fingerprint density at radius 3 is 2.48 bits per heavy atom. The van der Waals surface area contributed by atoms with Crippen molar-refractivity contribution >= 4 is 27.8 Å². The highest BCUT2D eigenvalue weighted by atomic mass is 79.9. The summed E-state index contributed by atoms with van der Waals surface area (Å²) in [6, 6.07) is 7.27. The quantitative estimate of drug-likeness (QED) is 0.905. The van der Waals surface area contributed by atoms with Crippen LogP contribution < -0.4 is 0 Å². The van der Waals surface area contributed by atoms with Gasteiger partial charge in [-0.2, -0.15) is 0 Å². The van der Waals surface area contributed by atoms with Crippen molar-refractivity contribution in [2.45, 2.75) is 26.7 Å². The van der Waals surface area contributed by atoms with Gasteiger partial charge in [-0.15, -0.1) is 0 Å². The average Bonchev–Trinajstić information content (AvgIpc) is 2.47. The minimum atomic E-state index is -0.807. The van der Waals surface area contributed by atoms with Gasteiger partial charge in [0.1, 0.15) is 0 Å². The van der Waals surface area contributed by atoms with Gasteiger partial charge in [-0.1, -0.05) is 15.9 Å². The van der Waals surface area contributed by atoms with E-state index in [4.69, 9.17) is 0 Å². The zero-order valence-electron chi connectivity index (χ0n) is 12.3. The number of aliphatic carboxylic acids is 1. The molecule has 1 atom stereocenters. The van der Waals surface area contributed by atoms with Gasteiger partial charge in [-0.05, 0) is 56.9 Å². The summed E-state index contributed by atoms with van der Waals surface area (Å²) in [6.07, 6.45) is 1.70. The van der Waals surface area contributed by atoms with Crippen LogP contribution in [0.5, 0.6) is 0 Å². The van der Waals surface area contributed by atoms with Crippen LogP contribution in [0.15, 0.2) is 28.7 Å². The third-order valence-electron chi connectivity index (χ3n) is 4.37. The van der Waals surface area contributed by atoms with E-state index >= 15 is 0 Å². The molecule has 1 aromatic carbocycles. The van der Waals surface area contributed by atoms with Crippen molar-refractivity contribution in [1.82, 2.24) is 4.90 Å². The number of carbonyl (C=O) groups excluding carboxylic acids is 1. The Kier molecular flexibility index (Phi) is 4.71. The van der Waals surface area contributed by atoms with Crippen LogP contribution in [0.1, 0.15) is 37.0 Å². The van der Waals surface area contributed by atoms with Gasteiger partial charge in [0.05, 0.1) is 5.41 Å². The summed E-state index contributed by atoms with van der Waals surface area (Å²) in [7, 11) is 0. The molecule has 0 spiro atoms. The lowest BCUT2D eigenvalue weighted by molar-refractivity contribution is -0.151. The van der Waals surface area contributed by atoms with Crippen molar-refractivity contribution in [1.29, 1.82) is 0 Å². The van der Waals surface area contributed by atoms with Gasteiger partial charge >= 0.3 is 5.97 Å². The molecule has 0 saturated carbocycles. The van der Waals surface area contributed by atoms with Gasteiger partial charge in [0.25, 0.3) is 5.91 Å². The first-order valence-corrected chi connectivity index (χ1v) is 7.90. The van der Waals surface area contributed by atoms with Crippen LogP contribution >= 0.6 is 15.9 Å². The second-order valence-corrected chi connectivity index (χ2v) is 7.04. The van der Waals surface area contributed by atoms with Crippen molar-refractivity contribution in [3.63, 3.8) is 0 Å². The first kappa shape index (κ1) is 16.0. The molecule has 5 heteroatoms. The monoisotopic (exact) mass is 353 g/mol. The number of piperidine rings is 1. The molecule has 0 aromatic heterocycles. The zero-order chi connectivity index (χ0) is 15.6. The maximum Gasteiger partial charge on any atom is 0.309 e. The number of carbonyl (C=O) groups is 2. The number of hydrogen-bond donors (Lipinski definition) is 1. The van der Waals surface area contributed by atoms with Crippen LogP contribution in [0.4, 0.5) is 0 Å². The summed E-state index contributed by atoms with van der Waals surface area (Å²) in [5.41, 5.74) is -0.162. The normalized spacial score (nSPS) is 19.4. The van der Waals surface area contributed by atoms with Crippen LogP contribution in [-0.2, 0) is 4.79 Å². The van der Waals surface area contributed by atoms with Crippen LogP contribution in [0.3, 0.4) is 0 Å². The van der Waals surface area contributed by atoms with Crippen molar-refractivity contribution in [3.05, 3.63) is 34.3 Å². The summed E-state index contributed by atoms with van der Waals surface area (Å²) in [5.74, 6) is -0.832. The number of carboxylic acids is 1. The first-order chi connectivity index (χ1) is 9.82. The summed E-state index contributed by atoms with van der Waals surface area (Å²) < 4.78 is 0.933. The Hall–Kier alpha value is -1.36. The van der Waals surface area contributed by atoms with Gasteiger partial charge in [-0.25, -0.2) is 0 Å². The molecule has 2 rings (SSSR count). The highest BCUT2D eigenvalue weighted by Crippen LogP contribution is 2.34. The van der Waals surface area contributed by atoms with E-state index in [9.17, 15) is 14.7 Å². The fraction of sp³-hybridized carbons (Fsp3) is 0.500. The Morgan fingerprint density at radius 1 is 1.29 bits per heavy atom. The molecule has 1 aliphatic heterocycles. The predicted octanol–water partition coefficient (Wildman–Crippen LogP) is 3.41. The maximum atomic E-state index is 12.5. The van der Waals surface area contributed by atoms with E-state index in [1.165, 1.54) is 0 Å². The molecule has 1 saturated heterocycles. The Bertz CT molecular complexity index is 539. The van der Waals surface area contributed by atoms with Gasteiger partial charge in [0.2, 0.25) is 0 Å². The third-order valence-corrected chi connectivity index (χ3v) is 4.90. The van der Waals surface area contributed by atoms with Gasteiger partial charge < -0.3 is 10.0 Å². The number of carboxylic acid groups (broad SMARTS) is 1. The van der Waals surface area contributed by atoms with E-state index in [2.05, 4.69) is 15.9 Å². The highest BCUT2D eigenvalue weighted by Gasteiger charge is 2.40. The molecule has 1 aromatic rings. The van der Waals surface area contributed by atoms with E-state index < -0.39 is 11.4 Å². The molecule has 0 radical (unpaired) electrons. The molecule has 1 N–H and O–H groups in total. The molecule has 1 fully saturated rings. The van der Waals surface area contributed by atoms with Crippen molar-refractivity contribution in [2.75, 3.05) is 13.1 Å². The van der Waals surface area contributed by atoms with Crippen LogP contribution in [-0.4, -0.2) is 35.0 Å². The van der Waals surface area contributed by atoms with Gasteiger partial charge in [-0.3, -0.25) is 9.59 Å². The van der Waals surface area contributed by atoms with E-state index in [0.717, 1.165) is 17.3 Å². The lowest BCUT2D eigenvalue weighted by Gasteiger charge is -2.39. The van der Waals surface area contributed by atoms with Crippen molar-refractivity contribution < 1.29 is 14.7 Å². The van der Waals surface area contributed by atoms with E-state index in [-0.39, 0.29) is 11.8 Å². The van der Waals surface area contributed by atoms with Crippen LogP contribution in [0.25, 0.3) is 0 Å². The number of nitrogens with zero attached hydrogens (tertiary/aromatic N) is 1. The molecule has 4 nitrogen and oxygen atoms in total. The zero-order valence-corrected chi connectivity index (χ0v) is 13.9. The maximum absolute atomic E-state index is 12.5. The SMILES string of the molecule is CC(C)(C(=O)O)C1CCCN(C(=O)c2ccc(Br)cc2)C1. The molecule has 1 heterocycles. The second kappa shape index (κ2) is 6.18. The minimum Gasteiger partial charge on any atom is -0.481 e. The number of halogens is 1. The fourth-order valence-electron chi connectivity index (χ4n) is 2.70. The number of benzene rings is 1. The van der Waals surface area contributed by atoms with Crippen LogP contribution in [0, 0.1) is 11.3 Å². The summed E-state index contributed by atoms with van der Waals surface area (Å²) in [6.45, 7) is 4.69. The fourth-order valence-corrected chi connectivity index (χ4v) is 2.96. The smallest absolute Gasteiger partial charge is 0.309 e. The molecular weight excluding hydrogens is 334 g/mol. The van der Waals surface area contributed by atoms with E-state index in [1.807, 2.05) is 12.1 Å². The van der Waals surface area contributed by atoms with Crippen LogP contribution in [0.2, 0.25) is 0 Å². The first-order valence-electron chi connectivity index (χ1n) is 7.10. The highest BCUT2D eigenvalue weighted by molar-refractivity contribution is 9.10. The molecule has 1 aliphatic rings. The lowest BCUT2D eigenvalue weighted by Crippen LogP contribution is -2.46. The van der Waals surface area contributed by atoms with Crippen molar-refractivity contribution in [3.8, 4) is 0 Å². The summed E-state index contributed by atoms with van der Waals surface area (Å²) in [4.78, 5) is 25.7. The Morgan fingerprint density at radius 2 is 1.90 bits per heavy atom. The molecule has 114 valence electrons. The molecule has 1 unspecified atom stereocenters. The minimum absolute atomic E-state index is 0.0110. The second-order valence-electron chi connectivity index (χ2n) is 6.12. The summed E-state index contributed by atoms with van der Waals surface area (Å²) in [5, 5.41) is 9.36. The molecule has 0 bridgehead atoms. The number of likely N-dealkylation sites (tertiary alicyclic amines) is 1. The molecule has 0 aliphatic carbocycles. The number of rotatable bonds is 3. The molecular formula is C16H20BrNO3.